The van der Waals surface area contributed by atoms with E-state index in [1.165, 1.54) is 43.9 Å². The molecule has 2 fully saturated rings. The zero-order valence-corrected chi connectivity index (χ0v) is 19.1. The highest BCUT2D eigenvalue weighted by Gasteiger charge is 2.22. The van der Waals surface area contributed by atoms with Gasteiger partial charge in [0.15, 0.2) is 5.16 Å². The van der Waals surface area contributed by atoms with Crippen LogP contribution in [0.15, 0.2) is 29.4 Å². The van der Waals surface area contributed by atoms with Crippen molar-refractivity contribution in [3.05, 3.63) is 24.3 Å². The molecule has 0 bridgehead atoms. The largest absolute Gasteiger partial charge is 0.353 e. The van der Waals surface area contributed by atoms with Crippen LogP contribution < -0.4 is 10.6 Å². The molecule has 0 aliphatic heterocycles. The molecule has 2 aliphatic carbocycles. The number of para-hydroxylation sites is 2. The first-order valence-corrected chi connectivity index (χ1v) is 12.7. The third-order valence-corrected chi connectivity index (χ3v) is 7.52. The van der Waals surface area contributed by atoms with Gasteiger partial charge in [-0.05, 0) is 37.8 Å². The predicted octanol–water partition coefficient (Wildman–Crippen LogP) is 3.28. The topological polar surface area (TPSA) is 93.3 Å². The molecule has 0 spiro atoms. The number of hydrogen-bond acceptors (Lipinski definition) is 5. The average Bonchev–Trinajstić information content (AvgIpc) is 3.52. The van der Waals surface area contributed by atoms with Gasteiger partial charge >= 0.3 is 0 Å². The van der Waals surface area contributed by atoms with Gasteiger partial charge in [-0.2, -0.15) is 0 Å². The van der Waals surface area contributed by atoms with Gasteiger partial charge in [0.25, 0.3) is 0 Å². The van der Waals surface area contributed by atoms with Crippen LogP contribution in [0.4, 0.5) is 0 Å². The summed E-state index contributed by atoms with van der Waals surface area (Å²) in [6.07, 6.45) is 10.3. The van der Waals surface area contributed by atoms with Crippen LogP contribution in [0, 0.1) is 0 Å². The number of amides is 2. The average molecular weight is 455 g/mol. The van der Waals surface area contributed by atoms with Gasteiger partial charge in [0.2, 0.25) is 17.6 Å². The Bertz CT molecular complexity index is 1110. The minimum absolute atomic E-state index is 0.00768. The summed E-state index contributed by atoms with van der Waals surface area (Å²) in [4.78, 5) is 25.2. The molecule has 2 heterocycles. The first kappa shape index (κ1) is 21.3. The summed E-state index contributed by atoms with van der Waals surface area (Å²) < 4.78 is 3.87. The maximum atomic E-state index is 12.8. The van der Waals surface area contributed by atoms with Crippen LogP contribution >= 0.6 is 11.8 Å². The second kappa shape index (κ2) is 9.52. The molecular formula is C23H30N6O2S. The molecule has 0 atom stereocenters. The first-order valence-electron chi connectivity index (χ1n) is 11.7. The van der Waals surface area contributed by atoms with Crippen LogP contribution in [-0.2, 0) is 16.1 Å². The van der Waals surface area contributed by atoms with E-state index in [4.69, 9.17) is 0 Å². The second-order valence-corrected chi connectivity index (χ2v) is 9.88. The predicted molar refractivity (Wildman–Crippen MR) is 125 cm³/mol. The molecule has 1 aromatic carbocycles. The second-order valence-electron chi connectivity index (χ2n) is 8.93. The Morgan fingerprint density at radius 1 is 0.875 bits per heavy atom. The number of fused-ring (bicyclic) bond motifs is 3. The fourth-order valence-corrected chi connectivity index (χ4v) is 5.77. The molecule has 170 valence electrons. The summed E-state index contributed by atoms with van der Waals surface area (Å²) >= 11 is 1.39. The number of carbonyl (C=O) groups is 2. The number of hydrogen-bond donors (Lipinski definition) is 2. The van der Waals surface area contributed by atoms with Gasteiger partial charge in [0, 0.05) is 12.1 Å². The van der Waals surface area contributed by atoms with Gasteiger partial charge in [-0.25, -0.2) is 0 Å². The van der Waals surface area contributed by atoms with Gasteiger partial charge in [-0.1, -0.05) is 56.0 Å². The summed E-state index contributed by atoms with van der Waals surface area (Å²) in [6, 6.07) is 8.52. The molecule has 0 radical (unpaired) electrons. The number of rotatable bonds is 7. The van der Waals surface area contributed by atoms with Crippen LogP contribution in [0.25, 0.3) is 16.8 Å². The monoisotopic (exact) mass is 454 g/mol. The normalized spacial score (nSPS) is 17.9. The lowest BCUT2D eigenvalue weighted by Gasteiger charge is -2.22. The Hall–Kier alpha value is -2.55. The summed E-state index contributed by atoms with van der Waals surface area (Å²) in [5.41, 5.74) is 1.88. The lowest BCUT2D eigenvalue weighted by Crippen LogP contribution is -2.38. The Morgan fingerprint density at radius 2 is 1.50 bits per heavy atom. The van der Waals surface area contributed by atoms with Crippen LogP contribution in [-0.4, -0.2) is 48.8 Å². The Labute approximate surface area is 191 Å². The van der Waals surface area contributed by atoms with E-state index >= 15 is 0 Å². The minimum Gasteiger partial charge on any atom is -0.353 e. The number of carbonyl (C=O) groups excluding carboxylic acids is 2. The van der Waals surface area contributed by atoms with E-state index in [0.717, 1.165) is 36.7 Å². The number of benzene rings is 1. The van der Waals surface area contributed by atoms with Crippen LogP contribution in [0.3, 0.4) is 0 Å². The van der Waals surface area contributed by atoms with Gasteiger partial charge in [0.1, 0.15) is 6.54 Å². The van der Waals surface area contributed by atoms with E-state index in [1.807, 2.05) is 33.2 Å². The van der Waals surface area contributed by atoms with Gasteiger partial charge in [-0.3, -0.25) is 18.6 Å². The molecule has 2 saturated carbocycles. The van der Waals surface area contributed by atoms with Crippen LogP contribution in [0.5, 0.6) is 0 Å². The maximum absolute atomic E-state index is 12.8. The SMILES string of the molecule is O=C(CSc1nnc2n(CC(=O)NC3CCCCC3)c3ccccc3n12)NC1CCCC1. The number of thioether (sulfide) groups is 1. The smallest absolute Gasteiger partial charge is 0.240 e. The number of nitrogens with one attached hydrogen (secondary N) is 2. The minimum atomic E-state index is 0.00768. The molecule has 5 rings (SSSR count). The van der Waals surface area contributed by atoms with Gasteiger partial charge in [-0.15, -0.1) is 10.2 Å². The highest BCUT2D eigenvalue weighted by Crippen LogP contribution is 2.26. The number of imidazole rings is 1. The number of aromatic nitrogens is 4. The lowest BCUT2D eigenvalue weighted by atomic mass is 9.95. The molecule has 0 unspecified atom stereocenters. The Morgan fingerprint density at radius 3 is 2.22 bits per heavy atom. The summed E-state index contributed by atoms with van der Waals surface area (Å²) in [5, 5.41) is 15.7. The molecule has 8 nitrogen and oxygen atoms in total. The molecule has 32 heavy (non-hydrogen) atoms. The van der Waals surface area contributed by atoms with Crippen molar-refractivity contribution in [1.29, 1.82) is 0 Å². The van der Waals surface area contributed by atoms with Crippen molar-refractivity contribution in [2.24, 2.45) is 0 Å². The summed E-state index contributed by atoms with van der Waals surface area (Å²) in [6.45, 7) is 0.207. The quantitative estimate of drug-likeness (QED) is 0.535. The number of nitrogens with zero attached hydrogens (tertiary/aromatic N) is 4. The van der Waals surface area contributed by atoms with Crippen molar-refractivity contribution < 1.29 is 9.59 Å². The maximum Gasteiger partial charge on any atom is 0.240 e. The third kappa shape index (κ3) is 4.48. The molecular weight excluding hydrogens is 424 g/mol. The zero-order chi connectivity index (χ0) is 21.9. The van der Waals surface area contributed by atoms with E-state index < -0.39 is 0 Å². The van der Waals surface area contributed by atoms with E-state index in [2.05, 4.69) is 20.8 Å². The van der Waals surface area contributed by atoms with Crippen molar-refractivity contribution in [2.45, 2.75) is 81.6 Å². The summed E-state index contributed by atoms with van der Waals surface area (Å²) in [5.74, 6) is 0.977. The first-order chi connectivity index (χ1) is 15.7. The molecule has 2 aliphatic rings. The molecule has 2 N–H and O–H groups in total. The molecule has 0 saturated heterocycles. The van der Waals surface area contributed by atoms with Crippen molar-refractivity contribution in [1.82, 2.24) is 29.8 Å². The van der Waals surface area contributed by atoms with Crippen molar-refractivity contribution >= 4 is 40.4 Å². The van der Waals surface area contributed by atoms with E-state index in [9.17, 15) is 9.59 Å². The molecule has 2 aromatic heterocycles. The highest BCUT2D eigenvalue weighted by atomic mass is 32.2. The summed E-state index contributed by atoms with van der Waals surface area (Å²) in [7, 11) is 0. The standard InChI is InChI=1S/C23H30N6O2S/c30-20(24-16-8-2-1-3-9-16)14-28-18-12-6-7-13-19(18)29-22(28)26-27-23(29)32-15-21(31)25-17-10-4-5-11-17/h6-7,12-13,16-17H,1-5,8-11,14-15H2,(H,24,30)(H,25,31). The Balaban J connectivity index is 1.34. The third-order valence-electron chi connectivity index (χ3n) is 6.60. The van der Waals surface area contributed by atoms with Crippen LogP contribution in [0.2, 0.25) is 0 Å². The van der Waals surface area contributed by atoms with E-state index in [0.29, 0.717) is 22.7 Å². The van der Waals surface area contributed by atoms with Gasteiger partial charge in [0.05, 0.1) is 16.8 Å². The zero-order valence-electron chi connectivity index (χ0n) is 18.3. The molecule has 9 heteroatoms. The Kier molecular flexibility index (Phi) is 6.34. The molecule has 3 aromatic rings. The molecule has 2 amide bonds. The lowest BCUT2D eigenvalue weighted by molar-refractivity contribution is -0.122. The van der Waals surface area contributed by atoms with Crippen molar-refractivity contribution in [3.8, 4) is 0 Å². The van der Waals surface area contributed by atoms with Gasteiger partial charge < -0.3 is 10.6 Å². The highest BCUT2D eigenvalue weighted by molar-refractivity contribution is 7.99. The fourth-order valence-electron chi connectivity index (χ4n) is 5.02. The van der Waals surface area contributed by atoms with E-state index in [1.54, 1.807) is 0 Å². The van der Waals surface area contributed by atoms with E-state index in [-0.39, 0.29) is 24.4 Å². The fraction of sp³-hybridized carbons (Fsp3) is 0.565. The van der Waals surface area contributed by atoms with Crippen molar-refractivity contribution in [2.75, 3.05) is 5.75 Å². The van der Waals surface area contributed by atoms with Crippen LogP contribution in [0.1, 0.15) is 57.8 Å². The van der Waals surface area contributed by atoms with Crippen molar-refractivity contribution in [3.63, 3.8) is 0 Å².